The molecule has 116 valence electrons. The van der Waals surface area contributed by atoms with Gasteiger partial charge < -0.3 is 10.0 Å². The third-order valence-corrected chi connectivity index (χ3v) is 3.86. The number of carboxylic acid groups (broad SMARTS) is 1. The van der Waals surface area contributed by atoms with Gasteiger partial charge in [-0.3, -0.25) is 19.8 Å². The second-order valence-corrected chi connectivity index (χ2v) is 5.18. The van der Waals surface area contributed by atoms with Gasteiger partial charge in [-0.25, -0.2) is 4.68 Å². The molecule has 0 radical (unpaired) electrons. The lowest BCUT2D eigenvalue weighted by Crippen LogP contribution is -2.52. The van der Waals surface area contributed by atoms with E-state index in [4.69, 9.17) is 5.11 Å². The molecule has 0 aromatic carbocycles. The van der Waals surface area contributed by atoms with Crippen LogP contribution in [0.25, 0.3) is 0 Å². The topological polar surface area (TPSA) is 105 Å². The number of nitro groups is 1. The number of carbonyl (C=O) groups is 1. The molecule has 1 aliphatic heterocycles. The number of anilines is 1. The number of aryl methyl sites for hydroxylation is 2. The Labute approximate surface area is 121 Å². The van der Waals surface area contributed by atoms with Crippen LogP contribution in [0.5, 0.6) is 0 Å². The molecule has 21 heavy (non-hydrogen) atoms. The van der Waals surface area contributed by atoms with E-state index in [0.29, 0.717) is 37.7 Å². The van der Waals surface area contributed by atoms with Crippen LogP contribution < -0.4 is 4.90 Å². The van der Waals surface area contributed by atoms with Crippen molar-refractivity contribution < 1.29 is 14.8 Å². The van der Waals surface area contributed by atoms with Gasteiger partial charge in [-0.2, -0.15) is 5.10 Å². The fourth-order valence-corrected chi connectivity index (χ4v) is 2.68. The van der Waals surface area contributed by atoms with E-state index in [0.717, 1.165) is 0 Å². The zero-order valence-corrected chi connectivity index (χ0v) is 12.3. The molecule has 0 aliphatic carbocycles. The standard InChI is InChI=1S/C12H19N5O4/c1-8-10(17(20)21)11(14(3)13-8)16-6-4-15(5-7-16)9(2)12(18)19/h9H,4-7H2,1-3H3,(H,18,19). The first-order valence-electron chi connectivity index (χ1n) is 6.72. The van der Waals surface area contributed by atoms with Crippen LogP contribution in [-0.2, 0) is 11.8 Å². The summed E-state index contributed by atoms with van der Waals surface area (Å²) in [5.74, 6) is -0.370. The van der Waals surface area contributed by atoms with Crippen molar-refractivity contribution in [1.82, 2.24) is 14.7 Å². The van der Waals surface area contributed by atoms with Crippen LogP contribution >= 0.6 is 0 Å². The minimum Gasteiger partial charge on any atom is -0.480 e. The molecule has 1 N–H and O–H groups in total. The Morgan fingerprint density at radius 2 is 1.95 bits per heavy atom. The maximum absolute atomic E-state index is 11.2. The molecular formula is C12H19N5O4. The summed E-state index contributed by atoms with van der Waals surface area (Å²) in [4.78, 5) is 25.5. The van der Waals surface area contributed by atoms with Gasteiger partial charge in [-0.05, 0) is 13.8 Å². The second-order valence-electron chi connectivity index (χ2n) is 5.18. The van der Waals surface area contributed by atoms with E-state index in [2.05, 4.69) is 5.10 Å². The van der Waals surface area contributed by atoms with Crippen molar-refractivity contribution in [2.45, 2.75) is 19.9 Å². The zero-order chi connectivity index (χ0) is 15.7. The summed E-state index contributed by atoms with van der Waals surface area (Å²) in [5.41, 5.74) is 0.413. The predicted octanol–water partition coefficient (Wildman–Crippen LogP) is 0.232. The molecule has 1 saturated heterocycles. The number of aromatic nitrogens is 2. The number of hydrogen-bond acceptors (Lipinski definition) is 6. The summed E-state index contributed by atoms with van der Waals surface area (Å²) in [7, 11) is 1.68. The van der Waals surface area contributed by atoms with Crippen LogP contribution in [0.15, 0.2) is 0 Å². The second kappa shape index (κ2) is 5.68. The molecule has 2 rings (SSSR count). The highest BCUT2D eigenvalue weighted by molar-refractivity contribution is 5.73. The van der Waals surface area contributed by atoms with Crippen LogP contribution in [0.4, 0.5) is 11.5 Å². The molecule has 2 heterocycles. The molecule has 0 bridgehead atoms. The van der Waals surface area contributed by atoms with Gasteiger partial charge in [0, 0.05) is 33.2 Å². The minimum atomic E-state index is -0.856. The number of carboxylic acids is 1. The van der Waals surface area contributed by atoms with Crippen LogP contribution in [0.2, 0.25) is 0 Å². The Morgan fingerprint density at radius 3 is 2.43 bits per heavy atom. The summed E-state index contributed by atoms with van der Waals surface area (Å²) >= 11 is 0. The molecule has 1 aromatic rings. The maximum Gasteiger partial charge on any atom is 0.333 e. The largest absolute Gasteiger partial charge is 0.480 e. The Bertz CT molecular complexity index is 562. The van der Waals surface area contributed by atoms with E-state index in [1.807, 2.05) is 9.80 Å². The van der Waals surface area contributed by atoms with Gasteiger partial charge >= 0.3 is 11.7 Å². The van der Waals surface area contributed by atoms with Gasteiger partial charge in [0.1, 0.15) is 11.7 Å². The molecule has 1 unspecified atom stereocenters. The average molecular weight is 297 g/mol. The van der Waals surface area contributed by atoms with Crippen molar-refractivity contribution in [3.05, 3.63) is 15.8 Å². The van der Waals surface area contributed by atoms with E-state index in [9.17, 15) is 14.9 Å². The number of nitrogens with zero attached hydrogens (tertiary/aromatic N) is 5. The average Bonchev–Trinajstić information content (AvgIpc) is 2.72. The molecule has 0 amide bonds. The fourth-order valence-electron chi connectivity index (χ4n) is 2.68. The summed E-state index contributed by atoms with van der Waals surface area (Å²) in [5, 5.41) is 24.3. The summed E-state index contributed by atoms with van der Waals surface area (Å²) in [6.07, 6.45) is 0. The number of aliphatic carboxylic acids is 1. The molecular weight excluding hydrogens is 278 g/mol. The van der Waals surface area contributed by atoms with Gasteiger partial charge in [0.2, 0.25) is 5.82 Å². The zero-order valence-electron chi connectivity index (χ0n) is 12.3. The molecule has 9 nitrogen and oxygen atoms in total. The van der Waals surface area contributed by atoms with Gasteiger partial charge in [0.05, 0.1) is 4.92 Å². The summed E-state index contributed by atoms with van der Waals surface area (Å²) < 4.78 is 1.52. The van der Waals surface area contributed by atoms with Crippen LogP contribution in [0.3, 0.4) is 0 Å². The van der Waals surface area contributed by atoms with Crippen molar-refractivity contribution in [3.8, 4) is 0 Å². The van der Waals surface area contributed by atoms with Crippen molar-refractivity contribution in [3.63, 3.8) is 0 Å². The van der Waals surface area contributed by atoms with Gasteiger partial charge in [-0.1, -0.05) is 0 Å². The minimum absolute atomic E-state index is 0.0252. The molecule has 0 saturated carbocycles. The number of rotatable bonds is 4. The molecule has 1 aromatic heterocycles. The lowest BCUT2D eigenvalue weighted by Gasteiger charge is -2.37. The highest BCUT2D eigenvalue weighted by Gasteiger charge is 2.32. The monoisotopic (exact) mass is 297 g/mol. The third-order valence-electron chi connectivity index (χ3n) is 3.86. The molecule has 1 atom stereocenters. The first kappa shape index (κ1) is 15.2. The van der Waals surface area contributed by atoms with Crippen molar-refractivity contribution in [2.24, 2.45) is 7.05 Å². The van der Waals surface area contributed by atoms with Gasteiger partial charge in [0.15, 0.2) is 0 Å². The Kier molecular flexibility index (Phi) is 4.12. The van der Waals surface area contributed by atoms with Crippen LogP contribution in [-0.4, -0.2) is 62.9 Å². The molecule has 0 spiro atoms. The van der Waals surface area contributed by atoms with Crippen LogP contribution in [0, 0.1) is 17.0 Å². The van der Waals surface area contributed by atoms with E-state index < -0.39 is 16.9 Å². The smallest absolute Gasteiger partial charge is 0.333 e. The highest BCUT2D eigenvalue weighted by atomic mass is 16.6. The van der Waals surface area contributed by atoms with Crippen molar-refractivity contribution in [2.75, 3.05) is 31.1 Å². The lowest BCUT2D eigenvalue weighted by atomic mass is 10.2. The van der Waals surface area contributed by atoms with E-state index in [1.165, 1.54) is 4.68 Å². The predicted molar refractivity (Wildman–Crippen MR) is 75.5 cm³/mol. The summed E-state index contributed by atoms with van der Waals surface area (Å²) in [6.45, 7) is 5.44. The Morgan fingerprint density at radius 1 is 1.38 bits per heavy atom. The van der Waals surface area contributed by atoms with E-state index >= 15 is 0 Å². The normalized spacial score (nSPS) is 17.8. The highest BCUT2D eigenvalue weighted by Crippen LogP contribution is 2.31. The van der Waals surface area contributed by atoms with Crippen molar-refractivity contribution >= 4 is 17.5 Å². The Balaban J connectivity index is 2.16. The number of hydrogen-bond donors (Lipinski definition) is 1. The fraction of sp³-hybridized carbons (Fsp3) is 0.667. The molecule has 1 fully saturated rings. The third kappa shape index (κ3) is 2.82. The van der Waals surface area contributed by atoms with E-state index in [1.54, 1.807) is 20.9 Å². The number of piperazine rings is 1. The van der Waals surface area contributed by atoms with Crippen molar-refractivity contribution in [1.29, 1.82) is 0 Å². The molecule has 1 aliphatic rings. The quantitative estimate of drug-likeness (QED) is 0.626. The lowest BCUT2D eigenvalue weighted by molar-refractivity contribution is -0.384. The van der Waals surface area contributed by atoms with Crippen LogP contribution in [0.1, 0.15) is 12.6 Å². The Hall–Kier alpha value is -2.16. The molecule has 9 heteroatoms. The van der Waals surface area contributed by atoms with Gasteiger partial charge in [0.25, 0.3) is 0 Å². The first-order valence-corrected chi connectivity index (χ1v) is 6.72. The first-order chi connectivity index (χ1) is 9.82. The van der Waals surface area contributed by atoms with E-state index in [-0.39, 0.29) is 5.69 Å². The maximum atomic E-state index is 11.2. The summed E-state index contributed by atoms with van der Waals surface area (Å²) in [6, 6.07) is -0.546. The van der Waals surface area contributed by atoms with Gasteiger partial charge in [-0.15, -0.1) is 0 Å². The SMILES string of the molecule is Cc1nn(C)c(N2CCN(C(C)C(=O)O)CC2)c1[N+](=O)[O-].